The van der Waals surface area contributed by atoms with Crippen LogP contribution in [0, 0.1) is 0 Å². The number of carboxylic acids is 2. The highest BCUT2D eigenvalue weighted by Crippen LogP contribution is 2.40. The second-order valence-corrected chi connectivity index (χ2v) is 8.38. The van der Waals surface area contributed by atoms with Crippen LogP contribution in [0.2, 0.25) is 0 Å². The zero-order chi connectivity index (χ0) is 23.7. The van der Waals surface area contributed by atoms with Crippen LogP contribution in [0.4, 0.5) is 0 Å². The maximum absolute atomic E-state index is 11.8. The average Bonchev–Trinajstić information content (AvgIpc) is 3.35. The normalized spacial score (nSPS) is 11.2. The molecule has 3 aromatic rings. The minimum atomic E-state index is -1.38. The average molecular weight is 471 g/mol. The molecule has 8 heteroatoms. The number of aliphatic hydroxyl groups is 1. The molecule has 0 saturated heterocycles. The summed E-state index contributed by atoms with van der Waals surface area (Å²) in [7, 11) is 0. The lowest BCUT2D eigenvalue weighted by Crippen LogP contribution is -2.27. The second kappa shape index (κ2) is 11.5. The number of carboxylic acid groups (broad SMARTS) is 2. The Kier molecular flexibility index (Phi) is 8.46. The molecule has 1 aromatic heterocycles. The van der Waals surface area contributed by atoms with Gasteiger partial charge in [-0.15, -0.1) is 11.3 Å². The zero-order valence-electron chi connectivity index (χ0n) is 18.0. The van der Waals surface area contributed by atoms with Gasteiger partial charge >= 0.3 is 11.9 Å². The number of carbonyl (C=O) groups is 2. The summed E-state index contributed by atoms with van der Waals surface area (Å²) in [4.78, 5) is 22.0. The third-order valence-corrected chi connectivity index (χ3v) is 6.01. The van der Waals surface area contributed by atoms with E-state index < -0.39 is 17.5 Å². The van der Waals surface area contributed by atoms with Gasteiger partial charge in [-0.3, -0.25) is 9.59 Å². The summed E-state index contributed by atoms with van der Waals surface area (Å²) in [5, 5.41) is 31.2. The molecule has 0 saturated carbocycles. The Balaban J connectivity index is 1.75. The van der Waals surface area contributed by atoms with E-state index in [0.717, 1.165) is 4.88 Å². The number of benzene rings is 2. The van der Waals surface area contributed by atoms with Crippen molar-refractivity contribution >= 4 is 23.3 Å². The summed E-state index contributed by atoms with van der Waals surface area (Å²) in [6, 6.07) is 18.0. The molecule has 0 bridgehead atoms. The predicted octanol–water partition coefficient (Wildman–Crippen LogP) is 4.52. The van der Waals surface area contributed by atoms with E-state index in [9.17, 15) is 14.7 Å². The first-order valence-electron chi connectivity index (χ1n) is 10.6. The molecule has 0 atom stereocenters. The third kappa shape index (κ3) is 6.57. The summed E-state index contributed by atoms with van der Waals surface area (Å²) >= 11 is 1.44. The Labute approximate surface area is 195 Å². The van der Waals surface area contributed by atoms with Crippen LogP contribution in [0.3, 0.4) is 0 Å². The fourth-order valence-electron chi connectivity index (χ4n) is 3.35. The first kappa shape index (κ1) is 24.3. The maximum Gasteiger partial charge on any atom is 0.303 e. The van der Waals surface area contributed by atoms with Crippen molar-refractivity contribution in [2.24, 2.45) is 0 Å². The predicted molar refractivity (Wildman–Crippen MR) is 124 cm³/mol. The molecule has 3 N–H and O–H groups in total. The van der Waals surface area contributed by atoms with Crippen LogP contribution in [0.25, 0.3) is 0 Å². The van der Waals surface area contributed by atoms with Gasteiger partial charge in [0.05, 0.1) is 13.2 Å². The molecule has 1 heterocycles. The fraction of sp³-hybridized carbons (Fsp3) is 0.280. The number of rotatable bonds is 13. The summed E-state index contributed by atoms with van der Waals surface area (Å²) in [5.41, 5.74) is -0.0476. The van der Waals surface area contributed by atoms with Crippen molar-refractivity contribution in [3.8, 4) is 11.5 Å². The Morgan fingerprint density at radius 3 is 1.58 bits per heavy atom. The van der Waals surface area contributed by atoms with Gasteiger partial charge in [0.2, 0.25) is 0 Å². The molecule has 174 valence electrons. The van der Waals surface area contributed by atoms with E-state index in [-0.39, 0.29) is 12.8 Å². The van der Waals surface area contributed by atoms with Crippen molar-refractivity contribution in [2.75, 3.05) is 13.2 Å². The molecule has 0 aliphatic carbocycles. The van der Waals surface area contributed by atoms with Crippen molar-refractivity contribution in [3.05, 3.63) is 82.0 Å². The van der Waals surface area contributed by atoms with E-state index in [1.54, 1.807) is 48.5 Å². The van der Waals surface area contributed by atoms with Crippen molar-refractivity contribution in [2.45, 2.75) is 31.3 Å². The number of ether oxygens (including phenoxy) is 2. The van der Waals surface area contributed by atoms with E-state index in [0.29, 0.717) is 48.7 Å². The summed E-state index contributed by atoms with van der Waals surface area (Å²) in [6.07, 6.45) is 0.937. The molecule has 3 rings (SSSR count). The number of aliphatic carboxylic acids is 2. The molecular formula is C25H26O7S. The van der Waals surface area contributed by atoms with Gasteiger partial charge in [-0.05, 0) is 59.7 Å². The van der Waals surface area contributed by atoms with Crippen LogP contribution in [0.15, 0.2) is 66.0 Å². The van der Waals surface area contributed by atoms with Gasteiger partial charge in [0, 0.05) is 17.7 Å². The van der Waals surface area contributed by atoms with Crippen molar-refractivity contribution in [1.82, 2.24) is 0 Å². The van der Waals surface area contributed by atoms with Gasteiger partial charge in [-0.1, -0.05) is 30.3 Å². The molecule has 0 aliphatic rings. The second-order valence-electron chi connectivity index (χ2n) is 7.43. The molecule has 2 aromatic carbocycles. The molecule has 0 spiro atoms. The number of thiophene rings is 1. The van der Waals surface area contributed by atoms with Crippen LogP contribution in [-0.2, 0) is 15.2 Å². The zero-order valence-corrected chi connectivity index (χ0v) is 18.8. The Bertz CT molecular complexity index is 962. The fourth-order valence-corrected chi connectivity index (χ4v) is 4.21. The van der Waals surface area contributed by atoms with Gasteiger partial charge in [0.25, 0.3) is 0 Å². The standard InChI is InChI=1S/C25H26O7S/c26-23(27)5-1-15-31-20-11-7-18(8-12-20)25(30,22-4-3-17-33-22)19-9-13-21(14-10-19)32-16-2-6-24(28)29/h3-4,7-14,17,30H,1-2,5-6,15-16H2,(H,26,27)(H,28,29). The third-order valence-electron chi connectivity index (χ3n) is 5.03. The largest absolute Gasteiger partial charge is 0.494 e. The first-order valence-corrected chi connectivity index (χ1v) is 11.4. The minimum absolute atomic E-state index is 0.0511. The SMILES string of the molecule is O=C(O)CCCOc1ccc(C(O)(c2ccc(OCCCC(=O)O)cc2)c2cccs2)cc1. The van der Waals surface area contributed by atoms with E-state index >= 15 is 0 Å². The maximum atomic E-state index is 11.8. The molecule has 0 unspecified atom stereocenters. The molecule has 0 amide bonds. The van der Waals surface area contributed by atoms with Crippen molar-refractivity contribution in [3.63, 3.8) is 0 Å². The highest BCUT2D eigenvalue weighted by Gasteiger charge is 2.35. The van der Waals surface area contributed by atoms with Crippen LogP contribution >= 0.6 is 11.3 Å². The van der Waals surface area contributed by atoms with Gasteiger partial charge in [0.1, 0.15) is 17.1 Å². The molecule has 0 fully saturated rings. The first-order chi connectivity index (χ1) is 15.9. The molecule has 7 nitrogen and oxygen atoms in total. The van der Waals surface area contributed by atoms with E-state index in [4.69, 9.17) is 19.7 Å². The Morgan fingerprint density at radius 2 is 1.21 bits per heavy atom. The lowest BCUT2D eigenvalue weighted by atomic mass is 9.85. The van der Waals surface area contributed by atoms with Gasteiger partial charge in [-0.25, -0.2) is 0 Å². The van der Waals surface area contributed by atoms with Gasteiger partial charge in [-0.2, -0.15) is 0 Å². The topological polar surface area (TPSA) is 113 Å². The highest BCUT2D eigenvalue weighted by atomic mass is 32.1. The number of hydrogen-bond acceptors (Lipinski definition) is 6. The monoisotopic (exact) mass is 470 g/mol. The van der Waals surface area contributed by atoms with Crippen molar-refractivity contribution < 1.29 is 34.4 Å². The summed E-state index contributed by atoms with van der Waals surface area (Å²) in [6.45, 7) is 0.601. The molecule has 0 aliphatic heterocycles. The molecule has 0 radical (unpaired) electrons. The van der Waals surface area contributed by atoms with Crippen LogP contribution < -0.4 is 9.47 Å². The number of hydrogen-bond donors (Lipinski definition) is 3. The van der Waals surface area contributed by atoms with Crippen LogP contribution in [-0.4, -0.2) is 40.5 Å². The van der Waals surface area contributed by atoms with Gasteiger partial charge in [0.15, 0.2) is 0 Å². The Morgan fingerprint density at radius 1 is 0.758 bits per heavy atom. The minimum Gasteiger partial charge on any atom is -0.494 e. The van der Waals surface area contributed by atoms with E-state index in [2.05, 4.69) is 0 Å². The van der Waals surface area contributed by atoms with E-state index in [1.165, 1.54) is 11.3 Å². The molecule has 33 heavy (non-hydrogen) atoms. The highest BCUT2D eigenvalue weighted by molar-refractivity contribution is 7.10. The van der Waals surface area contributed by atoms with Gasteiger partial charge < -0.3 is 24.8 Å². The quantitative estimate of drug-likeness (QED) is 0.315. The van der Waals surface area contributed by atoms with Crippen molar-refractivity contribution in [1.29, 1.82) is 0 Å². The van der Waals surface area contributed by atoms with Crippen LogP contribution in [0.5, 0.6) is 11.5 Å². The summed E-state index contributed by atoms with van der Waals surface area (Å²) < 4.78 is 11.2. The van der Waals surface area contributed by atoms with E-state index in [1.807, 2.05) is 17.5 Å². The Hall–Kier alpha value is -3.36. The lowest BCUT2D eigenvalue weighted by molar-refractivity contribution is -0.138. The van der Waals surface area contributed by atoms with Crippen LogP contribution in [0.1, 0.15) is 41.7 Å². The smallest absolute Gasteiger partial charge is 0.303 e. The summed E-state index contributed by atoms with van der Waals surface area (Å²) in [5.74, 6) is -0.510. The lowest BCUT2D eigenvalue weighted by Gasteiger charge is -2.29. The molecular weight excluding hydrogens is 444 g/mol.